The molecule has 0 fully saturated rings. The predicted octanol–water partition coefficient (Wildman–Crippen LogP) is 5.46. The summed E-state index contributed by atoms with van der Waals surface area (Å²) in [5.74, 6) is 1.24. The maximum Gasteiger partial charge on any atom is 0.247 e. The van der Waals surface area contributed by atoms with Gasteiger partial charge in [0.1, 0.15) is 0 Å². The van der Waals surface area contributed by atoms with Crippen molar-refractivity contribution in [3.63, 3.8) is 0 Å². The molecule has 2 aromatic carbocycles. The van der Waals surface area contributed by atoms with Gasteiger partial charge in [0.05, 0.1) is 15.6 Å². The van der Waals surface area contributed by atoms with Crippen molar-refractivity contribution in [1.29, 1.82) is 0 Å². The van der Waals surface area contributed by atoms with E-state index in [9.17, 15) is 0 Å². The van der Waals surface area contributed by atoms with E-state index in [4.69, 9.17) is 27.9 Å². The van der Waals surface area contributed by atoms with E-state index in [2.05, 4.69) is 20.5 Å². The molecule has 1 aliphatic rings. The Morgan fingerprint density at radius 3 is 2.62 bits per heavy atom. The van der Waals surface area contributed by atoms with Crippen molar-refractivity contribution in [3.8, 4) is 17.1 Å². The van der Waals surface area contributed by atoms with Gasteiger partial charge < -0.3 is 10.1 Å². The van der Waals surface area contributed by atoms with Gasteiger partial charge in [0, 0.05) is 11.3 Å². The standard InChI is InChI=1S/C18H14Cl2N4OS/c1-2-26-18-22-17-15(23-24-18)10-6-3-4-9-13(10)21-16(25-17)14-11(19)7-5-8-12(14)20/h3-9,16,21H,2H2,1H3/t16-/m1/s1. The molecule has 132 valence electrons. The number of para-hydroxylation sites is 1. The van der Waals surface area contributed by atoms with E-state index >= 15 is 0 Å². The van der Waals surface area contributed by atoms with Crippen molar-refractivity contribution >= 4 is 40.7 Å². The lowest BCUT2D eigenvalue weighted by molar-refractivity contribution is 0.225. The third-order valence-electron chi connectivity index (χ3n) is 3.87. The topological polar surface area (TPSA) is 59.9 Å². The number of anilines is 1. The second-order valence-electron chi connectivity index (χ2n) is 5.50. The summed E-state index contributed by atoms with van der Waals surface area (Å²) in [6.07, 6.45) is -0.602. The summed E-state index contributed by atoms with van der Waals surface area (Å²) < 4.78 is 6.17. The van der Waals surface area contributed by atoms with E-state index in [0.29, 0.717) is 32.3 Å². The van der Waals surface area contributed by atoms with Gasteiger partial charge in [0.25, 0.3) is 0 Å². The number of ether oxygens (including phenoxy) is 1. The highest BCUT2D eigenvalue weighted by atomic mass is 35.5. The fourth-order valence-electron chi connectivity index (χ4n) is 2.73. The molecule has 1 atom stereocenters. The van der Waals surface area contributed by atoms with Gasteiger partial charge in [0.15, 0.2) is 5.69 Å². The lowest BCUT2D eigenvalue weighted by Gasteiger charge is -2.21. The summed E-state index contributed by atoms with van der Waals surface area (Å²) >= 11 is 14.3. The molecule has 8 heteroatoms. The van der Waals surface area contributed by atoms with Gasteiger partial charge in [-0.25, -0.2) is 0 Å². The molecule has 4 rings (SSSR count). The number of nitrogens with one attached hydrogen (secondary N) is 1. The van der Waals surface area contributed by atoms with Crippen LogP contribution in [0.4, 0.5) is 5.69 Å². The van der Waals surface area contributed by atoms with Crippen molar-refractivity contribution in [2.24, 2.45) is 0 Å². The van der Waals surface area contributed by atoms with Crippen LogP contribution in [-0.2, 0) is 0 Å². The Kier molecular flexibility index (Phi) is 4.89. The quantitative estimate of drug-likeness (QED) is 0.584. The monoisotopic (exact) mass is 404 g/mol. The number of hydrogen-bond acceptors (Lipinski definition) is 6. The van der Waals surface area contributed by atoms with E-state index in [0.717, 1.165) is 17.0 Å². The molecule has 0 radical (unpaired) electrons. The Labute approximate surface area is 165 Å². The van der Waals surface area contributed by atoms with Crippen molar-refractivity contribution in [2.75, 3.05) is 11.1 Å². The van der Waals surface area contributed by atoms with Crippen LogP contribution in [0.1, 0.15) is 18.7 Å². The molecule has 26 heavy (non-hydrogen) atoms. The van der Waals surface area contributed by atoms with Crippen LogP contribution in [0.15, 0.2) is 47.6 Å². The molecule has 1 aliphatic heterocycles. The highest BCUT2D eigenvalue weighted by Crippen LogP contribution is 2.42. The van der Waals surface area contributed by atoms with Crippen molar-refractivity contribution in [2.45, 2.75) is 18.3 Å². The predicted molar refractivity (Wildman–Crippen MR) is 105 cm³/mol. The van der Waals surface area contributed by atoms with Crippen LogP contribution in [0.25, 0.3) is 11.3 Å². The highest BCUT2D eigenvalue weighted by molar-refractivity contribution is 7.99. The molecule has 0 bridgehead atoms. The highest BCUT2D eigenvalue weighted by Gasteiger charge is 2.28. The lowest BCUT2D eigenvalue weighted by Crippen LogP contribution is -2.18. The number of nitrogens with zero attached hydrogens (tertiary/aromatic N) is 3. The van der Waals surface area contributed by atoms with Crippen LogP contribution in [-0.4, -0.2) is 20.9 Å². The minimum atomic E-state index is -0.602. The average molecular weight is 405 g/mol. The number of benzene rings is 2. The largest absolute Gasteiger partial charge is 0.448 e. The van der Waals surface area contributed by atoms with E-state index in [1.165, 1.54) is 11.8 Å². The molecule has 0 spiro atoms. The van der Waals surface area contributed by atoms with E-state index in [-0.39, 0.29) is 0 Å². The summed E-state index contributed by atoms with van der Waals surface area (Å²) in [7, 11) is 0. The minimum absolute atomic E-state index is 0.398. The zero-order valence-electron chi connectivity index (χ0n) is 13.7. The first-order chi connectivity index (χ1) is 12.7. The van der Waals surface area contributed by atoms with Gasteiger partial charge in [-0.3, -0.25) is 0 Å². The summed E-state index contributed by atoms with van der Waals surface area (Å²) in [6.45, 7) is 2.03. The fourth-order valence-corrected chi connectivity index (χ4v) is 3.83. The fraction of sp³-hybridized carbons (Fsp3) is 0.167. The number of halogens is 2. The van der Waals surface area contributed by atoms with Crippen LogP contribution >= 0.6 is 35.0 Å². The summed E-state index contributed by atoms with van der Waals surface area (Å²) in [4.78, 5) is 4.54. The van der Waals surface area contributed by atoms with Gasteiger partial charge in [-0.1, -0.05) is 66.2 Å². The molecule has 0 unspecified atom stereocenters. The third-order valence-corrected chi connectivity index (χ3v) is 5.25. The van der Waals surface area contributed by atoms with Crippen molar-refractivity contribution in [1.82, 2.24) is 15.2 Å². The molecular weight excluding hydrogens is 391 g/mol. The Balaban J connectivity index is 1.88. The first-order valence-electron chi connectivity index (χ1n) is 8.01. The molecule has 3 aromatic rings. The van der Waals surface area contributed by atoms with Gasteiger partial charge in [-0.15, -0.1) is 10.2 Å². The smallest absolute Gasteiger partial charge is 0.247 e. The molecule has 0 saturated heterocycles. The molecular formula is C18H14Cl2N4OS. The molecule has 0 aliphatic carbocycles. The zero-order chi connectivity index (χ0) is 18.1. The Bertz CT molecular complexity index is 949. The van der Waals surface area contributed by atoms with Crippen LogP contribution in [0, 0.1) is 0 Å². The Hall–Kier alpha value is -2.02. The summed E-state index contributed by atoms with van der Waals surface area (Å²) in [5, 5.41) is 13.5. The van der Waals surface area contributed by atoms with Gasteiger partial charge >= 0.3 is 0 Å². The Morgan fingerprint density at radius 2 is 1.85 bits per heavy atom. The average Bonchev–Trinajstić information content (AvgIpc) is 2.78. The SMILES string of the molecule is CCSc1nnc2c(n1)O[C@H](c1c(Cl)cccc1Cl)Nc1ccccc1-2. The second-order valence-corrected chi connectivity index (χ2v) is 7.55. The molecule has 5 nitrogen and oxygen atoms in total. The normalized spacial score (nSPS) is 15.3. The first kappa shape index (κ1) is 17.4. The molecule has 0 saturated carbocycles. The summed E-state index contributed by atoms with van der Waals surface area (Å²) in [6, 6.07) is 13.1. The first-order valence-corrected chi connectivity index (χ1v) is 9.75. The van der Waals surface area contributed by atoms with Crippen LogP contribution < -0.4 is 10.1 Å². The summed E-state index contributed by atoms with van der Waals surface area (Å²) in [5.41, 5.74) is 2.95. The number of hydrogen-bond donors (Lipinski definition) is 1. The van der Waals surface area contributed by atoms with E-state index in [1.54, 1.807) is 18.2 Å². The lowest BCUT2D eigenvalue weighted by atomic mass is 10.1. The zero-order valence-corrected chi connectivity index (χ0v) is 16.1. The third kappa shape index (κ3) is 3.20. The molecule has 1 N–H and O–H groups in total. The van der Waals surface area contributed by atoms with Crippen molar-refractivity contribution < 1.29 is 4.74 Å². The van der Waals surface area contributed by atoms with Crippen LogP contribution in [0.2, 0.25) is 10.0 Å². The van der Waals surface area contributed by atoms with Crippen LogP contribution in [0.5, 0.6) is 5.88 Å². The molecule has 1 aromatic heterocycles. The van der Waals surface area contributed by atoms with Gasteiger partial charge in [-0.05, 0) is 24.0 Å². The van der Waals surface area contributed by atoms with E-state index in [1.807, 2.05) is 31.2 Å². The Morgan fingerprint density at radius 1 is 1.08 bits per heavy atom. The minimum Gasteiger partial charge on any atom is -0.448 e. The van der Waals surface area contributed by atoms with Crippen LogP contribution in [0.3, 0.4) is 0 Å². The maximum atomic E-state index is 6.39. The van der Waals surface area contributed by atoms with Gasteiger partial charge in [-0.2, -0.15) is 4.98 Å². The van der Waals surface area contributed by atoms with Gasteiger partial charge in [0.2, 0.25) is 17.3 Å². The molecule has 0 amide bonds. The maximum absolute atomic E-state index is 6.39. The number of rotatable bonds is 3. The number of thioether (sulfide) groups is 1. The molecule has 2 heterocycles. The van der Waals surface area contributed by atoms with E-state index < -0.39 is 6.23 Å². The number of fused-ring (bicyclic) bond motifs is 3. The van der Waals surface area contributed by atoms with Crippen molar-refractivity contribution in [3.05, 3.63) is 58.1 Å². The number of aromatic nitrogens is 3. The second kappa shape index (κ2) is 7.31.